The minimum Gasteiger partial charge on any atom is -0.316 e. The molecule has 0 saturated carbocycles. The van der Waals surface area contributed by atoms with Crippen LogP contribution in [0.5, 0.6) is 0 Å². The lowest BCUT2D eigenvalue weighted by Crippen LogP contribution is -2.09. The number of aromatic nitrogens is 1. The van der Waals surface area contributed by atoms with Gasteiger partial charge in [-0.25, -0.2) is 17.2 Å². The Morgan fingerprint density at radius 3 is 2.36 bits per heavy atom. The second kappa shape index (κ2) is 5.10. The summed E-state index contributed by atoms with van der Waals surface area (Å²) in [7, 11) is -3.42. The molecule has 0 radical (unpaired) electrons. The Bertz CT molecular complexity index is 945. The van der Waals surface area contributed by atoms with Crippen molar-refractivity contribution >= 4 is 26.6 Å². The predicted octanol–water partition coefficient (Wildman–Crippen LogP) is 3.28. The van der Waals surface area contributed by atoms with Crippen molar-refractivity contribution in [2.24, 2.45) is 0 Å². The number of rotatable bonds is 3. The monoisotopic (exact) mass is 322 g/mol. The van der Waals surface area contributed by atoms with Gasteiger partial charge in [0.1, 0.15) is 11.6 Å². The molecule has 0 unspecified atom stereocenters. The van der Waals surface area contributed by atoms with E-state index in [0.29, 0.717) is 22.3 Å². The maximum absolute atomic E-state index is 13.4. The van der Waals surface area contributed by atoms with Gasteiger partial charge in [0, 0.05) is 17.6 Å². The molecule has 1 heterocycles. The summed E-state index contributed by atoms with van der Waals surface area (Å²) in [5.74, 6) is -1.36. The molecule has 0 atom stereocenters. The van der Waals surface area contributed by atoms with E-state index in [1.807, 2.05) is 0 Å². The molecule has 3 rings (SSSR count). The van der Waals surface area contributed by atoms with E-state index in [2.05, 4.69) is 4.72 Å². The number of anilines is 1. The minimum absolute atomic E-state index is 0.323. The second-order valence-electron chi connectivity index (χ2n) is 4.93. The lowest BCUT2D eigenvalue weighted by atomic mass is 10.2. The SMILES string of the molecule is CS(=O)(=O)Nc1cccc2c1ccn2-c1cc(F)cc(F)c1. The van der Waals surface area contributed by atoms with Crippen molar-refractivity contribution in [3.05, 3.63) is 60.3 Å². The summed E-state index contributed by atoms with van der Waals surface area (Å²) in [6.07, 6.45) is 2.69. The maximum Gasteiger partial charge on any atom is 0.229 e. The molecule has 0 aliphatic carbocycles. The fourth-order valence-corrected chi connectivity index (χ4v) is 2.94. The first kappa shape index (κ1) is 14.5. The van der Waals surface area contributed by atoms with Gasteiger partial charge < -0.3 is 4.57 Å². The highest BCUT2D eigenvalue weighted by Gasteiger charge is 2.11. The Kier molecular flexibility index (Phi) is 3.37. The molecule has 0 saturated heterocycles. The van der Waals surface area contributed by atoms with Gasteiger partial charge in [-0.2, -0.15) is 0 Å². The van der Waals surface area contributed by atoms with Crippen molar-refractivity contribution in [3.63, 3.8) is 0 Å². The van der Waals surface area contributed by atoms with Crippen LogP contribution in [0.2, 0.25) is 0 Å². The third-order valence-corrected chi connectivity index (χ3v) is 3.74. The molecule has 22 heavy (non-hydrogen) atoms. The molecular weight excluding hydrogens is 310 g/mol. The molecule has 0 fully saturated rings. The van der Waals surface area contributed by atoms with Crippen molar-refractivity contribution in [1.29, 1.82) is 0 Å². The van der Waals surface area contributed by atoms with E-state index in [4.69, 9.17) is 0 Å². The molecular formula is C15H12F2N2O2S. The second-order valence-corrected chi connectivity index (χ2v) is 6.67. The number of halogens is 2. The van der Waals surface area contributed by atoms with Crippen LogP contribution in [-0.2, 0) is 10.0 Å². The van der Waals surface area contributed by atoms with Crippen LogP contribution in [-0.4, -0.2) is 19.2 Å². The van der Waals surface area contributed by atoms with Gasteiger partial charge >= 0.3 is 0 Å². The quantitative estimate of drug-likeness (QED) is 0.804. The molecule has 0 amide bonds. The number of hydrogen-bond donors (Lipinski definition) is 1. The number of hydrogen-bond acceptors (Lipinski definition) is 2. The number of nitrogens with zero attached hydrogens (tertiary/aromatic N) is 1. The van der Waals surface area contributed by atoms with Crippen molar-refractivity contribution in [1.82, 2.24) is 4.57 Å². The Morgan fingerprint density at radius 1 is 1.05 bits per heavy atom. The van der Waals surface area contributed by atoms with E-state index in [1.54, 1.807) is 35.0 Å². The fourth-order valence-electron chi connectivity index (χ4n) is 2.36. The Balaban J connectivity index is 2.19. The molecule has 0 aliphatic rings. The van der Waals surface area contributed by atoms with Crippen LogP contribution < -0.4 is 4.72 Å². The molecule has 4 nitrogen and oxygen atoms in total. The van der Waals surface area contributed by atoms with E-state index in [9.17, 15) is 17.2 Å². The van der Waals surface area contributed by atoms with Gasteiger partial charge in [-0.15, -0.1) is 0 Å². The number of benzene rings is 2. The van der Waals surface area contributed by atoms with Gasteiger partial charge in [-0.3, -0.25) is 4.72 Å². The number of fused-ring (bicyclic) bond motifs is 1. The fraction of sp³-hybridized carbons (Fsp3) is 0.0667. The summed E-state index contributed by atoms with van der Waals surface area (Å²) in [5, 5.41) is 0.637. The zero-order chi connectivity index (χ0) is 15.9. The summed E-state index contributed by atoms with van der Waals surface area (Å²) in [6, 6.07) is 9.93. The van der Waals surface area contributed by atoms with Crippen LogP contribution in [0.1, 0.15) is 0 Å². The molecule has 0 aliphatic heterocycles. The van der Waals surface area contributed by atoms with Gasteiger partial charge in [0.05, 0.1) is 23.1 Å². The number of nitrogens with one attached hydrogen (secondary N) is 1. The van der Waals surface area contributed by atoms with Crippen molar-refractivity contribution in [3.8, 4) is 5.69 Å². The number of sulfonamides is 1. The van der Waals surface area contributed by atoms with Crippen LogP contribution in [0.25, 0.3) is 16.6 Å². The van der Waals surface area contributed by atoms with Crippen molar-refractivity contribution in [2.75, 3.05) is 11.0 Å². The highest BCUT2D eigenvalue weighted by Crippen LogP contribution is 2.28. The van der Waals surface area contributed by atoms with Gasteiger partial charge in [0.25, 0.3) is 0 Å². The zero-order valence-corrected chi connectivity index (χ0v) is 12.4. The van der Waals surface area contributed by atoms with Crippen molar-refractivity contribution < 1.29 is 17.2 Å². The summed E-state index contributed by atoms with van der Waals surface area (Å²) in [6.45, 7) is 0. The molecule has 7 heteroatoms. The van der Waals surface area contributed by atoms with Gasteiger partial charge in [0.2, 0.25) is 10.0 Å². The topological polar surface area (TPSA) is 51.1 Å². The van der Waals surface area contributed by atoms with Gasteiger partial charge in [-0.05, 0) is 30.3 Å². The Morgan fingerprint density at radius 2 is 1.73 bits per heavy atom. The van der Waals surface area contributed by atoms with Crippen molar-refractivity contribution in [2.45, 2.75) is 0 Å². The van der Waals surface area contributed by atoms with E-state index in [1.165, 1.54) is 12.1 Å². The summed E-state index contributed by atoms with van der Waals surface area (Å²) in [4.78, 5) is 0. The minimum atomic E-state index is -3.42. The van der Waals surface area contributed by atoms with Gasteiger partial charge in [0.15, 0.2) is 0 Å². The highest BCUT2D eigenvalue weighted by molar-refractivity contribution is 7.92. The molecule has 114 valence electrons. The van der Waals surface area contributed by atoms with Gasteiger partial charge in [-0.1, -0.05) is 6.07 Å². The maximum atomic E-state index is 13.4. The lowest BCUT2D eigenvalue weighted by molar-refractivity contribution is 0.582. The van der Waals surface area contributed by atoms with E-state index < -0.39 is 21.7 Å². The van der Waals surface area contributed by atoms with Crippen LogP contribution in [0.4, 0.5) is 14.5 Å². The third kappa shape index (κ3) is 2.80. The highest BCUT2D eigenvalue weighted by atomic mass is 32.2. The Hall–Kier alpha value is -2.41. The molecule has 3 aromatic rings. The Labute approximate surface area is 126 Å². The summed E-state index contributed by atoms with van der Waals surface area (Å²) < 4.78 is 53.6. The molecule has 0 spiro atoms. The van der Waals surface area contributed by atoms with E-state index in [0.717, 1.165) is 12.3 Å². The molecule has 1 N–H and O–H groups in total. The first-order valence-corrected chi connectivity index (χ1v) is 8.27. The molecule has 1 aromatic heterocycles. The molecule has 0 bridgehead atoms. The van der Waals surface area contributed by atoms with Crippen LogP contribution in [0.3, 0.4) is 0 Å². The average molecular weight is 322 g/mol. The zero-order valence-electron chi connectivity index (χ0n) is 11.5. The first-order chi connectivity index (χ1) is 10.3. The third-order valence-electron chi connectivity index (χ3n) is 3.15. The average Bonchev–Trinajstić information content (AvgIpc) is 2.80. The van der Waals surface area contributed by atoms with E-state index in [-0.39, 0.29) is 0 Å². The smallest absolute Gasteiger partial charge is 0.229 e. The van der Waals surface area contributed by atoms with Crippen LogP contribution >= 0.6 is 0 Å². The largest absolute Gasteiger partial charge is 0.316 e. The summed E-state index contributed by atoms with van der Waals surface area (Å²) in [5.41, 5.74) is 1.37. The molecule has 2 aromatic carbocycles. The van der Waals surface area contributed by atoms with E-state index >= 15 is 0 Å². The first-order valence-electron chi connectivity index (χ1n) is 6.38. The van der Waals surface area contributed by atoms with Crippen LogP contribution in [0.15, 0.2) is 48.7 Å². The summed E-state index contributed by atoms with van der Waals surface area (Å²) >= 11 is 0. The standard InChI is InChI=1S/C15H12F2N2O2S/c1-22(20,21)18-14-3-2-4-15-13(14)5-6-19(15)12-8-10(16)7-11(17)9-12/h2-9,18H,1H3. The predicted molar refractivity (Wildman–Crippen MR) is 81.7 cm³/mol. The normalized spacial score (nSPS) is 11.8. The lowest BCUT2D eigenvalue weighted by Gasteiger charge is -2.08. The van der Waals surface area contributed by atoms with Crippen LogP contribution in [0, 0.1) is 11.6 Å².